The fourth-order valence-corrected chi connectivity index (χ4v) is 2.00. The van der Waals surface area contributed by atoms with Crippen molar-refractivity contribution in [2.24, 2.45) is 5.92 Å². The molecule has 20 heavy (non-hydrogen) atoms. The second-order valence-corrected chi connectivity index (χ2v) is 5.41. The van der Waals surface area contributed by atoms with Crippen molar-refractivity contribution in [1.29, 1.82) is 0 Å². The molecule has 2 rings (SSSR count). The maximum absolute atomic E-state index is 12.0. The molecule has 1 aliphatic rings. The summed E-state index contributed by atoms with van der Waals surface area (Å²) in [5.74, 6) is -1.11. The Morgan fingerprint density at radius 1 is 1.45 bits per heavy atom. The van der Waals surface area contributed by atoms with Gasteiger partial charge in [0, 0.05) is 25.3 Å². The average Bonchev–Trinajstić information content (AvgIpc) is 2.88. The van der Waals surface area contributed by atoms with Gasteiger partial charge in [-0.1, -0.05) is 0 Å². The largest absolute Gasteiger partial charge is 0.479 e. The van der Waals surface area contributed by atoms with Gasteiger partial charge in [0.1, 0.15) is 0 Å². The number of hydrogen-bond donors (Lipinski definition) is 2. The van der Waals surface area contributed by atoms with Crippen LogP contribution in [0, 0.1) is 5.92 Å². The minimum absolute atomic E-state index is 0.0559. The average molecular weight is 281 g/mol. The highest BCUT2D eigenvalue weighted by Crippen LogP contribution is 2.20. The zero-order valence-corrected chi connectivity index (χ0v) is 11.6. The number of amides is 1. The molecule has 0 radical (unpaired) electrons. The van der Waals surface area contributed by atoms with Crippen molar-refractivity contribution < 1.29 is 19.4 Å². The van der Waals surface area contributed by atoms with Crippen molar-refractivity contribution in [2.45, 2.75) is 32.2 Å². The summed E-state index contributed by atoms with van der Waals surface area (Å²) in [5, 5.41) is 15.9. The molecule has 110 valence electrons. The van der Waals surface area contributed by atoms with Gasteiger partial charge in [-0.2, -0.15) is 5.10 Å². The number of carboxylic acids is 1. The molecule has 2 N–H and O–H groups in total. The fourth-order valence-electron chi connectivity index (χ4n) is 2.00. The lowest BCUT2D eigenvalue weighted by Crippen LogP contribution is -2.36. The van der Waals surface area contributed by atoms with E-state index in [9.17, 15) is 9.59 Å². The van der Waals surface area contributed by atoms with E-state index in [1.165, 1.54) is 17.1 Å². The first kappa shape index (κ1) is 14.5. The van der Waals surface area contributed by atoms with Crippen LogP contribution >= 0.6 is 0 Å². The number of ether oxygens (including phenoxy) is 1. The summed E-state index contributed by atoms with van der Waals surface area (Å²) < 4.78 is 6.54. The van der Waals surface area contributed by atoms with Crippen LogP contribution in [-0.4, -0.2) is 40.0 Å². The van der Waals surface area contributed by atoms with Gasteiger partial charge in [0.25, 0.3) is 0 Å². The number of nitrogens with one attached hydrogen (secondary N) is 1. The third kappa shape index (κ3) is 2.98. The van der Waals surface area contributed by atoms with Crippen molar-refractivity contribution >= 4 is 17.6 Å². The van der Waals surface area contributed by atoms with Crippen LogP contribution in [0.3, 0.4) is 0 Å². The Labute approximate surface area is 116 Å². The van der Waals surface area contributed by atoms with Crippen LogP contribution < -0.4 is 5.32 Å². The normalized spacial score (nSPS) is 16.9. The molecule has 2 heterocycles. The van der Waals surface area contributed by atoms with E-state index in [4.69, 9.17) is 9.84 Å². The smallest absolute Gasteiger partial charge is 0.331 e. The van der Waals surface area contributed by atoms with E-state index < -0.39 is 11.5 Å². The van der Waals surface area contributed by atoms with Crippen molar-refractivity contribution in [2.75, 3.05) is 18.5 Å². The second-order valence-electron chi connectivity index (χ2n) is 5.41. The first-order valence-electron chi connectivity index (χ1n) is 6.58. The van der Waals surface area contributed by atoms with E-state index >= 15 is 0 Å². The number of carbonyl (C=O) groups is 2. The minimum atomic E-state index is -1.15. The van der Waals surface area contributed by atoms with E-state index in [0.717, 1.165) is 0 Å². The molecule has 0 bridgehead atoms. The van der Waals surface area contributed by atoms with Gasteiger partial charge in [-0.25, -0.2) is 4.79 Å². The number of anilines is 1. The first-order valence-corrected chi connectivity index (χ1v) is 6.58. The highest BCUT2D eigenvalue weighted by molar-refractivity contribution is 5.92. The van der Waals surface area contributed by atoms with Gasteiger partial charge in [0.15, 0.2) is 5.54 Å². The topological polar surface area (TPSA) is 93.5 Å². The quantitative estimate of drug-likeness (QED) is 0.861. The predicted molar refractivity (Wildman–Crippen MR) is 71.4 cm³/mol. The molecule has 1 aromatic heterocycles. The van der Waals surface area contributed by atoms with Gasteiger partial charge in [-0.15, -0.1) is 0 Å². The van der Waals surface area contributed by atoms with Crippen molar-refractivity contribution in [3.05, 3.63) is 12.4 Å². The van der Waals surface area contributed by atoms with Crippen LogP contribution in [0.15, 0.2) is 12.4 Å². The number of carbonyl (C=O) groups excluding carboxylic acids is 1. The van der Waals surface area contributed by atoms with Crippen LogP contribution in [0.1, 0.15) is 26.7 Å². The number of aromatic nitrogens is 2. The molecule has 1 fully saturated rings. The summed E-state index contributed by atoms with van der Waals surface area (Å²) in [6.45, 7) is 4.30. The van der Waals surface area contributed by atoms with Crippen LogP contribution in [0.5, 0.6) is 0 Å². The number of rotatable bonds is 4. The molecule has 7 heteroatoms. The van der Waals surface area contributed by atoms with Crippen LogP contribution in [0.4, 0.5) is 5.69 Å². The maximum Gasteiger partial charge on any atom is 0.331 e. The first-order chi connectivity index (χ1) is 9.41. The van der Waals surface area contributed by atoms with E-state index in [2.05, 4.69) is 10.4 Å². The molecule has 0 unspecified atom stereocenters. The molecule has 0 aromatic carbocycles. The van der Waals surface area contributed by atoms with Crippen LogP contribution in [0.25, 0.3) is 0 Å². The summed E-state index contributed by atoms with van der Waals surface area (Å²) >= 11 is 0. The van der Waals surface area contributed by atoms with Gasteiger partial charge < -0.3 is 15.2 Å². The monoisotopic (exact) mass is 281 g/mol. The Balaban J connectivity index is 2.02. The molecular weight excluding hydrogens is 262 g/mol. The molecule has 1 amide bonds. The third-order valence-corrected chi connectivity index (χ3v) is 3.54. The van der Waals surface area contributed by atoms with Gasteiger partial charge in [0.2, 0.25) is 5.91 Å². The van der Waals surface area contributed by atoms with Crippen molar-refractivity contribution in [3.63, 3.8) is 0 Å². The summed E-state index contributed by atoms with van der Waals surface area (Å²) in [4.78, 5) is 23.2. The molecule has 7 nitrogen and oxygen atoms in total. The zero-order valence-electron chi connectivity index (χ0n) is 11.6. The van der Waals surface area contributed by atoms with Crippen LogP contribution in [0.2, 0.25) is 0 Å². The number of carboxylic acid groups (broad SMARTS) is 1. The lowest BCUT2D eigenvalue weighted by atomic mass is 9.99. The third-order valence-electron chi connectivity index (χ3n) is 3.54. The van der Waals surface area contributed by atoms with Crippen molar-refractivity contribution in [3.8, 4) is 0 Å². The summed E-state index contributed by atoms with van der Waals surface area (Å²) in [6.07, 6.45) is 4.41. The molecular formula is C13H19N3O4. The minimum Gasteiger partial charge on any atom is -0.479 e. The molecule has 1 aliphatic heterocycles. The van der Waals surface area contributed by atoms with Gasteiger partial charge in [0.05, 0.1) is 11.9 Å². The Kier molecular flexibility index (Phi) is 4.08. The van der Waals surface area contributed by atoms with Crippen molar-refractivity contribution in [1.82, 2.24) is 9.78 Å². The highest BCUT2D eigenvalue weighted by atomic mass is 16.5. The van der Waals surface area contributed by atoms with E-state index in [0.29, 0.717) is 31.7 Å². The molecule has 1 aromatic rings. The van der Waals surface area contributed by atoms with E-state index in [1.807, 2.05) is 0 Å². The zero-order chi connectivity index (χ0) is 14.8. The molecule has 0 atom stereocenters. The van der Waals surface area contributed by atoms with E-state index in [1.54, 1.807) is 13.8 Å². The molecule has 0 spiro atoms. The Morgan fingerprint density at radius 2 is 2.10 bits per heavy atom. The SMILES string of the molecule is CC(C)(C(=O)O)n1cc(NC(=O)C2CCOCC2)cn1. The molecule has 1 saturated heterocycles. The molecule has 0 saturated carbocycles. The van der Waals surface area contributed by atoms with Gasteiger partial charge >= 0.3 is 5.97 Å². The summed E-state index contributed by atoms with van der Waals surface area (Å²) in [7, 11) is 0. The number of hydrogen-bond acceptors (Lipinski definition) is 4. The van der Waals surface area contributed by atoms with Crippen LogP contribution in [-0.2, 0) is 19.9 Å². The standard InChI is InChI=1S/C13H19N3O4/c1-13(2,12(18)19)16-8-10(7-14-16)15-11(17)9-3-5-20-6-4-9/h7-9H,3-6H2,1-2H3,(H,15,17)(H,18,19). The predicted octanol–water partition coefficient (Wildman–Crippen LogP) is 1.07. The Bertz CT molecular complexity index is 503. The lowest BCUT2D eigenvalue weighted by molar-refractivity contribution is -0.146. The Hall–Kier alpha value is -1.89. The number of nitrogens with zero attached hydrogens (tertiary/aromatic N) is 2. The summed E-state index contributed by atoms with van der Waals surface area (Å²) in [5.41, 5.74) is -0.641. The maximum atomic E-state index is 12.0. The molecule has 0 aliphatic carbocycles. The van der Waals surface area contributed by atoms with Gasteiger partial charge in [-0.05, 0) is 26.7 Å². The fraction of sp³-hybridized carbons (Fsp3) is 0.615. The summed E-state index contributed by atoms with van der Waals surface area (Å²) in [6, 6.07) is 0. The van der Waals surface area contributed by atoms with E-state index in [-0.39, 0.29) is 11.8 Å². The second kappa shape index (κ2) is 5.62. The number of aliphatic carboxylic acids is 1. The van der Waals surface area contributed by atoms with Gasteiger partial charge in [-0.3, -0.25) is 9.48 Å². The highest BCUT2D eigenvalue weighted by Gasteiger charge is 2.30. The lowest BCUT2D eigenvalue weighted by Gasteiger charge is -2.21. The Morgan fingerprint density at radius 3 is 2.70 bits per heavy atom.